The summed E-state index contributed by atoms with van der Waals surface area (Å²) < 4.78 is 2.97. The molecular formula is C12H13ClN2O2S2. The van der Waals surface area contributed by atoms with Gasteiger partial charge in [-0.05, 0) is 30.7 Å². The van der Waals surface area contributed by atoms with E-state index < -0.39 is 11.1 Å². The van der Waals surface area contributed by atoms with E-state index in [1.807, 2.05) is 12.5 Å². The maximum absolute atomic E-state index is 12.1. The van der Waals surface area contributed by atoms with Crippen molar-refractivity contribution in [2.75, 3.05) is 12.5 Å². The maximum Gasteiger partial charge on any atom is 0.317 e. The largest absolute Gasteiger partial charge is 0.317 e. The van der Waals surface area contributed by atoms with Gasteiger partial charge in [0, 0.05) is 5.02 Å². The van der Waals surface area contributed by atoms with Crippen molar-refractivity contribution in [1.29, 1.82) is 0 Å². The molecule has 0 saturated heterocycles. The number of nitrogens with zero attached hydrogens (tertiary/aromatic N) is 2. The molecule has 102 valence electrons. The van der Waals surface area contributed by atoms with E-state index in [1.54, 1.807) is 18.2 Å². The van der Waals surface area contributed by atoms with Crippen LogP contribution in [0, 0.1) is 0 Å². The Balaban J connectivity index is 2.92. The van der Waals surface area contributed by atoms with Crippen LogP contribution in [-0.4, -0.2) is 21.6 Å². The van der Waals surface area contributed by atoms with E-state index >= 15 is 0 Å². The van der Waals surface area contributed by atoms with Gasteiger partial charge in [0.2, 0.25) is 0 Å². The zero-order chi connectivity index (χ0) is 14.0. The molecule has 0 unspecified atom stereocenters. The summed E-state index contributed by atoms with van der Waals surface area (Å²) in [7, 11) is 0. The van der Waals surface area contributed by atoms with E-state index in [1.165, 1.54) is 32.7 Å². The molecule has 1 heterocycles. The first-order chi connectivity index (χ1) is 9.10. The van der Waals surface area contributed by atoms with Crippen molar-refractivity contribution < 1.29 is 0 Å². The molecule has 1 aromatic heterocycles. The van der Waals surface area contributed by atoms with E-state index in [4.69, 9.17) is 11.6 Å². The third kappa shape index (κ3) is 2.70. The summed E-state index contributed by atoms with van der Waals surface area (Å²) in [5.74, 6) is 0.886. The van der Waals surface area contributed by atoms with Gasteiger partial charge in [0.15, 0.2) is 0 Å². The number of hydrogen-bond donors (Lipinski definition) is 0. The number of halogens is 1. The molecule has 2 aromatic rings. The molecule has 2 rings (SSSR count). The summed E-state index contributed by atoms with van der Waals surface area (Å²) in [6.07, 6.45) is 3.78. The van der Waals surface area contributed by atoms with Crippen LogP contribution in [0.15, 0.2) is 27.8 Å². The Morgan fingerprint density at radius 3 is 2.05 bits per heavy atom. The summed E-state index contributed by atoms with van der Waals surface area (Å²) in [6.45, 7) is 0. The average Bonchev–Trinajstić information content (AvgIpc) is 2.40. The third-order valence-corrected chi connectivity index (χ3v) is 3.98. The molecule has 0 bridgehead atoms. The second-order valence-electron chi connectivity index (χ2n) is 3.93. The number of rotatable bonds is 4. The highest BCUT2D eigenvalue weighted by Gasteiger charge is 2.12. The fraction of sp³-hybridized carbons (Fsp3) is 0.333. The highest BCUT2D eigenvalue weighted by Crippen LogP contribution is 2.19. The summed E-state index contributed by atoms with van der Waals surface area (Å²) in [6, 6.07) is 5.24. The van der Waals surface area contributed by atoms with Crippen molar-refractivity contribution in [3.8, 4) is 0 Å². The Labute approximate surface area is 123 Å². The molecule has 0 saturated carbocycles. The molecule has 19 heavy (non-hydrogen) atoms. The van der Waals surface area contributed by atoms with Gasteiger partial charge in [0.05, 0.1) is 22.8 Å². The highest BCUT2D eigenvalue weighted by molar-refractivity contribution is 7.97. The van der Waals surface area contributed by atoms with Crippen LogP contribution in [0.3, 0.4) is 0 Å². The monoisotopic (exact) mass is 316 g/mol. The lowest BCUT2D eigenvalue weighted by atomic mass is 10.3. The van der Waals surface area contributed by atoms with Crippen LogP contribution in [0.2, 0.25) is 5.02 Å². The SMILES string of the molecule is CSCn1c(=O)c(=O)n(CSC)c2cc(Cl)ccc21. The highest BCUT2D eigenvalue weighted by atomic mass is 35.5. The van der Waals surface area contributed by atoms with Gasteiger partial charge in [-0.15, -0.1) is 23.5 Å². The fourth-order valence-electron chi connectivity index (χ4n) is 1.91. The molecule has 7 heteroatoms. The molecule has 0 radical (unpaired) electrons. The normalized spacial score (nSPS) is 11.1. The van der Waals surface area contributed by atoms with E-state index in [2.05, 4.69) is 0 Å². The zero-order valence-corrected chi connectivity index (χ0v) is 12.9. The second-order valence-corrected chi connectivity index (χ2v) is 6.04. The Morgan fingerprint density at radius 2 is 1.53 bits per heavy atom. The molecule has 1 aromatic carbocycles. The summed E-state index contributed by atoms with van der Waals surface area (Å²) in [5.41, 5.74) is 0.439. The predicted octanol–water partition coefficient (Wildman–Crippen LogP) is 2.46. The number of benzene rings is 1. The Kier molecular flexibility index (Phi) is 4.65. The number of thioether (sulfide) groups is 2. The lowest BCUT2D eigenvalue weighted by Crippen LogP contribution is -2.41. The molecule has 0 N–H and O–H groups in total. The molecule has 0 spiro atoms. The molecule has 0 fully saturated rings. The molecule has 0 aliphatic heterocycles. The van der Waals surface area contributed by atoms with Crippen LogP contribution in [0.1, 0.15) is 0 Å². The molecule has 4 nitrogen and oxygen atoms in total. The fourth-order valence-corrected chi connectivity index (χ4v) is 3.10. The molecular weight excluding hydrogens is 304 g/mol. The van der Waals surface area contributed by atoms with E-state index in [9.17, 15) is 9.59 Å². The topological polar surface area (TPSA) is 44.0 Å². The van der Waals surface area contributed by atoms with Crippen molar-refractivity contribution in [3.05, 3.63) is 43.9 Å². The van der Waals surface area contributed by atoms with Crippen LogP contribution < -0.4 is 11.1 Å². The van der Waals surface area contributed by atoms with Crippen LogP contribution in [0.4, 0.5) is 0 Å². The van der Waals surface area contributed by atoms with Crippen molar-refractivity contribution in [2.45, 2.75) is 11.8 Å². The standard InChI is InChI=1S/C12H13ClN2O2S2/c1-18-6-14-9-4-3-8(13)5-10(9)15(7-19-2)12(17)11(14)16/h3-5H,6-7H2,1-2H3. The van der Waals surface area contributed by atoms with Crippen LogP contribution in [0.5, 0.6) is 0 Å². The zero-order valence-electron chi connectivity index (χ0n) is 10.6. The Hall–Kier alpha value is -0.850. The first-order valence-electron chi connectivity index (χ1n) is 5.51. The van der Waals surface area contributed by atoms with Crippen LogP contribution >= 0.6 is 35.1 Å². The molecule has 0 aliphatic rings. The van der Waals surface area contributed by atoms with E-state index in [0.29, 0.717) is 22.3 Å². The Bertz CT molecular complexity index is 724. The van der Waals surface area contributed by atoms with E-state index in [-0.39, 0.29) is 0 Å². The number of fused-ring (bicyclic) bond motifs is 1. The Morgan fingerprint density at radius 1 is 1.00 bits per heavy atom. The van der Waals surface area contributed by atoms with Gasteiger partial charge >= 0.3 is 11.1 Å². The summed E-state index contributed by atoms with van der Waals surface area (Å²) in [4.78, 5) is 24.3. The van der Waals surface area contributed by atoms with Crippen molar-refractivity contribution in [2.24, 2.45) is 0 Å². The smallest absolute Gasteiger partial charge is 0.292 e. The number of hydrogen-bond acceptors (Lipinski definition) is 4. The second kappa shape index (κ2) is 6.07. The third-order valence-electron chi connectivity index (χ3n) is 2.71. The minimum atomic E-state index is -0.502. The minimum absolute atomic E-state index is 0.436. The molecule has 0 atom stereocenters. The average molecular weight is 317 g/mol. The van der Waals surface area contributed by atoms with Crippen molar-refractivity contribution in [1.82, 2.24) is 9.13 Å². The van der Waals surface area contributed by atoms with Gasteiger partial charge in [-0.25, -0.2) is 0 Å². The van der Waals surface area contributed by atoms with Gasteiger partial charge in [0.1, 0.15) is 0 Å². The summed E-state index contributed by atoms with van der Waals surface area (Å²) >= 11 is 8.97. The van der Waals surface area contributed by atoms with Gasteiger partial charge < -0.3 is 0 Å². The van der Waals surface area contributed by atoms with Crippen molar-refractivity contribution in [3.63, 3.8) is 0 Å². The van der Waals surface area contributed by atoms with Gasteiger partial charge in [-0.2, -0.15) is 0 Å². The molecule has 0 aliphatic carbocycles. The quantitative estimate of drug-likeness (QED) is 0.813. The van der Waals surface area contributed by atoms with Gasteiger partial charge in [-0.1, -0.05) is 11.6 Å². The minimum Gasteiger partial charge on any atom is -0.292 e. The van der Waals surface area contributed by atoms with Crippen LogP contribution in [-0.2, 0) is 11.8 Å². The van der Waals surface area contributed by atoms with E-state index in [0.717, 1.165) is 5.52 Å². The van der Waals surface area contributed by atoms with Gasteiger partial charge in [0.25, 0.3) is 0 Å². The predicted molar refractivity (Wildman–Crippen MR) is 84.5 cm³/mol. The first-order valence-corrected chi connectivity index (χ1v) is 8.67. The first kappa shape index (κ1) is 14.6. The molecule has 0 amide bonds. The lowest BCUT2D eigenvalue weighted by Gasteiger charge is -2.13. The van der Waals surface area contributed by atoms with Crippen LogP contribution in [0.25, 0.3) is 11.0 Å². The van der Waals surface area contributed by atoms with Crippen molar-refractivity contribution >= 4 is 46.2 Å². The maximum atomic E-state index is 12.1. The van der Waals surface area contributed by atoms with Gasteiger partial charge in [-0.3, -0.25) is 18.7 Å². The lowest BCUT2D eigenvalue weighted by molar-refractivity contribution is 0.782. The number of aromatic nitrogens is 2. The summed E-state index contributed by atoms with van der Waals surface area (Å²) in [5, 5.41) is 0.552.